The lowest BCUT2D eigenvalue weighted by Gasteiger charge is -2.08. The molecule has 1 amide bonds. The minimum atomic E-state index is -0.0707. The Balaban J connectivity index is 1.63. The van der Waals surface area contributed by atoms with E-state index in [2.05, 4.69) is 10.3 Å². The largest absolute Gasteiger partial charge is 0.493 e. The Hall–Kier alpha value is -2.09. The molecule has 2 aromatic heterocycles. The summed E-state index contributed by atoms with van der Waals surface area (Å²) in [6.45, 7) is 0.475. The van der Waals surface area contributed by atoms with E-state index in [1.807, 2.05) is 35.7 Å². The van der Waals surface area contributed by atoms with Crippen molar-refractivity contribution in [2.75, 3.05) is 14.2 Å². The Morgan fingerprint density at radius 3 is 2.69 bits per heavy atom. The zero-order valence-corrected chi connectivity index (χ0v) is 16.6. The molecule has 8 heteroatoms. The second-order valence-electron chi connectivity index (χ2n) is 5.37. The van der Waals surface area contributed by atoms with Gasteiger partial charge in [-0.3, -0.25) is 4.79 Å². The number of hydrogen-bond donors (Lipinski definition) is 1. The van der Waals surface area contributed by atoms with Crippen molar-refractivity contribution in [1.82, 2.24) is 10.3 Å². The smallest absolute Gasteiger partial charge is 0.226 e. The van der Waals surface area contributed by atoms with Crippen LogP contribution in [0.4, 0.5) is 0 Å². The molecule has 0 saturated heterocycles. The molecule has 0 radical (unpaired) electrons. The number of carbonyl (C=O) groups excluding carboxylic acids is 1. The van der Waals surface area contributed by atoms with Crippen LogP contribution in [0, 0.1) is 0 Å². The van der Waals surface area contributed by atoms with Gasteiger partial charge in [0.2, 0.25) is 5.91 Å². The Morgan fingerprint density at radius 1 is 1.19 bits per heavy atom. The Morgan fingerprint density at radius 2 is 2.00 bits per heavy atom. The van der Waals surface area contributed by atoms with Gasteiger partial charge < -0.3 is 14.8 Å². The molecule has 3 rings (SSSR count). The highest BCUT2D eigenvalue weighted by atomic mass is 35.5. The van der Waals surface area contributed by atoms with Gasteiger partial charge in [0.25, 0.3) is 0 Å². The van der Waals surface area contributed by atoms with Crippen molar-refractivity contribution in [3.8, 4) is 22.1 Å². The van der Waals surface area contributed by atoms with E-state index in [-0.39, 0.29) is 12.3 Å². The predicted octanol–water partition coefficient (Wildman–Crippen LogP) is 4.40. The molecule has 0 unspecified atom stereocenters. The fourth-order valence-corrected chi connectivity index (χ4v) is 4.19. The van der Waals surface area contributed by atoms with Gasteiger partial charge in [0.15, 0.2) is 11.5 Å². The summed E-state index contributed by atoms with van der Waals surface area (Å²) in [6.07, 6.45) is 0.239. The molecule has 0 saturated carbocycles. The van der Waals surface area contributed by atoms with Gasteiger partial charge in [-0.05, 0) is 30.3 Å². The number of nitrogens with one attached hydrogen (secondary N) is 1. The molecule has 136 valence electrons. The minimum absolute atomic E-state index is 0.0707. The van der Waals surface area contributed by atoms with Crippen LogP contribution in [0.15, 0.2) is 35.7 Å². The normalized spacial score (nSPS) is 10.6. The molecular formula is C18H17ClN2O3S2. The molecule has 0 bridgehead atoms. The molecule has 0 atom stereocenters. The lowest BCUT2D eigenvalue weighted by molar-refractivity contribution is -0.120. The molecule has 1 N–H and O–H groups in total. The molecule has 0 spiro atoms. The number of rotatable bonds is 7. The Labute approximate surface area is 164 Å². The standard InChI is InChI=1S/C18H17ClN2O3S2/c1-23-14-5-3-11(7-15(14)24-2)18-21-12(10-25-18)8-17(22)20-9-13-4-6-16(19)26-13/h3-7,10H,8-9H2,1-2H3,(H,20,22). The van der Waals surface area contributed by atoms with Gasteiger partial charge in [0, 0.05) is 15.8 Å². The number of carbonyl (C=O) groups is 1. The molecule has 0 aliphatic heterocycles. The number of thiazole rings is 1. The van der Waals surface area contributed by atoms with Crippen molar-refractivity contribution < 1.29 is 14.3 Å². The number of halogens is 1. The van der Waals surface area contributed by atoms with Gasteiger partial charge in [0.05, 0.1) is 37.2 Å². The van der Waals surface area contributed by atoms with E-state index in [9.17, 15) is 4.79 Å². The molecule has 5 nitrogen and oxygen atoms in total. The van der Waals surface area contributed by atoms with E-state index < -0.39 is 0 Å². The molecule has 26 heavy (non-hydrogen) atoms. The molecule has 0 aliphatic rings. The molecule has 0 aliphatic carbocycles. The van der Waals surface area contributed by atoms with E-state index in [0.717, 1.165) is 21.1 Å². The SMILES string of the molecule is COc1ccc(-c2nc(CC(=O)NCc3ccc(Cl)s3)cs2)cc1OC. The van der Waals surface area contributed by atoms with Crippen molar-refractivity contribution in [1.29, 1.82) is 0 Å². The number of aromatic nitrogens is 1. The monoisotopic (exact) mass is 408 g/mol. The van der Waals surface area contributed by atoms with Crippen LogP contribution >= 0.6 is 34.3 Å². The average molecular weight is 409 g/mol. The predicted molar refractivity (Wildman–Crippen MR) is 106 cm³/mol. The highest BCUT2D eigenvalue weighted by Gasteiger charge is 2.12. The maximum Gasteiger partial charge on any atom is 0.226 e. The number of hydrogen-bond acceptors (Lipinski definition) is 6. The molecule has 1 aromatic carbocycles. The summed E-state index contributed by atoms with van der Waals surface area (Å²) in [5.74, 6) is 1.24. The van der Waals surface area contributed by atoms with Crippen molar-refractivity contribution in [2.24, 2.45) is 0 Å². The van der Waals surface area contributed by atoms with Gasteiger partial charge in [-0.15, -0.1) is 22.7 Å². The number of nitrogens with zero attached hydrogens (tertiary/aromatic N) is 1. The van der Waals surface area contributed by atoms with Crippen LogP contribution in [0.3, 0.4) is 0 Å². The maximum atomic E-state index is 12.1. The maximum absolute atomic E-state index is 12.1. The van der Waals surface area contributed by atoms with Gasteiger partial charge in [0.1, 0.15) is 5.01 Å². The quantitative estimate of drug-likeness (QED) is 0.629. The van der Waals surface area contributed by atoms with Crippen molar-refractivity contribution in [3.63, 3.8) is 0 Å². The van der Waals surface area contributed by atoms with Crippen molar-refractivity contribution in [3.05, 3.63) is 50.6 Å². The molecular weight excluding hydrogens is 392 g/mol. The summed E-state index contributed by atoms with van der Waals surface area (Å²) in [6, 6.07) is 9.37. The fourth-order valence-electron chi connectivity index (χ4n) is 2.35. The highest BCUT2D eigenvalue weighted by Crippen LogP contribution is 2.33. The highest BCUT2D eigenvalue weighted by molar-refractivity contribution is 7.16. The number of amides is 1. The Kier molecular flexibility index (Phi) is 6.13. The number of thiophene rings is 1. The van der Waals surface area contributed by atoms with Gasteiger partial charge in [-0.25, -0.2) is 4.98 Å². The van der Waals surface area contributed by atoms with Crippen LogP contribution in [-0.2, 0) is 17.8 Å². The van der Waals surface area contributed by atoms with E-state index in [1.54, 1.807) is 14.2 Å². The van der Waals surface area contributed by atoms with E-state index >= 15 is 0 Å². The summed E-state index contributed by atoms with van der Waals surface area (Å²) in [5.41, 5.74) is 1.66. The summed E-state index contributed by atoms with van der Waals surface area (Å²) in [5, 5.41) is 5.61. The third-order valence-corrected chi connectivity index (χ3v) is 5.78. The third kappa shape index (κ3) is 4.55. The first-order valence-electron chi connectivity index (χ1n) is 7.76. The Bertz CT molecular complexity index is 907. The minimum Gasteiger partial charge on any atom is -0.493 e. The average Bonchev–Trinajstić information content (AvgIpc) is 3.28. The number of benzene rings is 1. The zero-order chi connectivity index (χ0) is 18.5. The van der Waals surface area contributed by atoms with E-state index in [1.165, 1.54) is 22.7 Å². The molecule has 0 fully saturated rings. The second-order valence-corrected chi connectivity index (χ2v) is 8.03. The van der Waals surface area contributed by atoms with E-state index in [0.29, 0.717) is 22.4 Å². The first-order chi connectivity index (χ1) is 12.6. The molecule has 2 heterocycles. The first-order valence-corrected chi connectivity index (χ1v) is 9.84. The summed E-state index contributed by atoms with van der Waals surface area (Å²) >= 11 is 8.84. The lowest BCUT2D eigenvalue weighted by atomic mass is 10.2. The van der Waals surface area contributed by atoms with Crippen LogP contribution in [-0.4, -0.2) is 25.1 Å². The topological polar surface area (TPSA) is 60.5 Å². The van der Waals surface area contributed by atoms with Crippen LogP contribution in [0.25, 0.3) is 10.6 Å². The van der Waals surface area contributed by atoms with Gasteiger partial charge >= 0.3 is 0 Å². The van der Waals surface area contributed by atoms with Crippen molar-refractivity contribution >= 4 is 40.2 Å². The summed E-state index contributed by atoms with van der Waals surface area (Å²) in [7, 11) is 3.20. The lowest BCUT2D eigenvalue weighted by Crippen LogP contribution is -2.24. The third-order valence-electron chi connectivity index (χ3n) is 3.61. The van der Waals surface area contributed by atoms with E-state index in [4.69, 9.17) is 21.1 Å². The van der Waals surface area contributed by atoms with Crippen LogP contribution in [0.2, 0.25) is 4.34 Å². The number of methoxy groups -OCH3 is 2. The zero-order valence-electron chi connectivity index (χ0n) is 14.2. The van der Waals surface area contributed by atoms with Crippen molar-refractivity contribution in [2.45, 2.75) is 13.0 Å². The van der Waals surface area contributed by atoms with Gasteiger partial charge in [-0.2, -0.15) is 0 Å². The summed E-state index contributed by atoms with van der Waals surface area (Å²) < 4.78 is 11.3. The van der Waals surface area contributed by atoms with Crippen LogP contribution < -0.4 is 14.8 Å². The van der Waals surface area contributed by atoms with Crippen LogP contribution in [0.5, 0.6) is 11.5 Å². The molecule has 3 aromatic rings. The fraction of sp³-hybridized carbons (Fsp3) is 0.222. The first kappa shape index (κ1) is 18.7. The summed E-state index contributed by atoms with van der Waals surface area (Å²) in [4.78, 5) is 17.7. The van der Waals surface area contributed by atoms with Gasteiger partial charge in [-0.1, -0.05) is 11.6 Å². The second kappa shape index (κ2) is 8.53. The number of ether oxygens (including phenoxy) is 2. The van der Waals surface area contributed by atoms with Crippen LogP contribution in [0.1, 0.15) is 10.6 Å².